The number of carbonyl (C=O) groups is 2. The van der Waals surface area contributed by atoms with E-state index in [2.05, 4.69) is 10.6 Å². The zero-order valence-electron chi connectivity index (χ0n) is 10.0. The van der Waals surface area contributed by atoms with Gasteiger partial charge in [-0.1, -0.05) is 17.7 Å². The van der Waals surface area contributed by atoms with Crippen molar-refractivity contribution < 1.29 is 9.59 Å². The third kappa shape index (κ3) is 2.20. The van der Waals surface area contributed by atoms with Gasteiger partial charge in [0.05, 0.1) is 0 Å². The van der Waals surface area contributed by atoms with Gasteiger partial charge in [-0.25, -0.2) is 4.79 Å². The van der Waals surface area contributed by atoms with Crippen molar-refractivity contribution in [3.63, 3.8) is 0 Å². The van der Waals surface area contributed by atoms with Crippen LogP contribution in [0.3, 0.4) is 0 Å². The maximum absolute atomic E-state index is 11.4. The van der Waals surface area contributed by atoms with Crippen LogP contribution in [0.2, 0.25) is 0 Å². The second-order valence-electron chi connectivity index (χ2n) is 4.28. The van der Waals surface area contributed by atoms with Crippen LogP contribution in [0.1, 0.15) is 22.3 Å². The van der Waals surface area contributed by atoms with Gasteiger partial charge in [-0.05, 0) is 43.5 Å². The first-order valence-corrected chi connectivity index (χ1v) is 5.39. The summed E-state index contributed by atoms with van der Waals surface area (Å²) >= 11 is 0. The molecule has 17 heavy (non-hydrogen) atoms. The average molecular weight is 230 g/mol. The average Bonchev–Trinajstić information content (AvgIpc) is 2.51. The third-order valence-electron chi connectivity index (χ3n) is 2.75. The van der Waals surface area contributed by atoms with E-state index in [-0.39, 0.29) is 5.91 Å². The van der Waals surface area contributed by atoms with Crippen molar-refractivity contribution in [2.45, 2.75) is 20.8 Å². The van der Waals surface area contributed by atoms with Crippen LogP contribution in [0.5, 0.6) is 0 Å². The van der Waals surface area contributed by atoms with E-state index >= 15 is 0 Å². The van der Waals surface area contributed by atoms with E-state index in [4.69, 9.17) is 0 Å². The predicted molar refractivity (Wildman–Crippen MR) is 65.3 cm³/mol. The van der Waals surface area contributed by atoms with Crippen LogP contribution < -0.4 is 10.6 Å². The molecule has 2 rings (SSSR count). The zero-order valence-corrected chi connectivity index (χ0v) is 10.0. The molecule has 1 aromatic rings. The van der Waals surface area contributed by atoms with E-state index in [0.29, 0.717) is 5.70 Å². The van der Waals surface area contributed by atoms with Crippen LogP contribution in [-0.4, -0.2) is 11.9 Å². The quantitative estimate of drug-likeness (QED) is 0.571. The molecule has 0 spiro atoms. The Kier molecular flexibility index (Phi) is 2.71. The van der Waals surface area contributed by atoms with Gasteiger partial charge >= 0.3 is 6.03 Å². The Morgan fingerprint density at radius 1 is 1.00 bits per heavy atom. The van der Waals surface area contributed by atoms with Gasteiger partial charge in [-0.15, -0.1) is 0 Å². The summed E-state index contributed by atoms with van der Waals surface area (Å²) in [6, 6.07) is 3.63. The molecule has 1 saturated heterocycles. The highest BCUT2D eigenvalue weighted by atomic mass is 16.2. The number of carbonyl (C=O) groups excluding carboxylic acids is 2. The van der Waals surface area contributed by atoms with E-state index in [1.807, 2.05) is 32.9 Å². The summed E-state index contributed by atoms with van der Waals surface area (Å²) in [5.41, 5.74) is 4.63. The number of hydrogen-bond donors (Lipinski definition) is 2. The van der Waals surface area contributed by atoms with Crippen LogP contribution in [0.15, 0.2) is 17.8 Å². The highest BCUT2D eigenvalue weighted by Gasteiger charge is 2.23. The molecule has 0 aromatic heterocycles. The lowest BCUT2D eigenvalue weighted by Gasteiger charge is -2.07. The summed E-state index contributed by atoms with van der Waals surface area (Å²) in [6.07, 6.45) is 1.71. The first-order valence-electron chi connectivity index (χ1n) is 5.39. The molecular formula is C13H14N2O2. The summed E-state index contributed by atoms with van der Waals surface area (Å²) in [6.45, 7) is 6.00. The minimum absolute atomic E-state index is 0.296. The second kappa shape index (κ2) is 4.05. The van der Waals surface area contributed by atoms with Crippen LogP contribution in [0.4, 0.5) is 4.79 Å². The molecule has 1 aromatic carbocycles. The Bertz CT molecular complexity index is 521. The van der Waals surface area contributed by atoms with Crippen LogP contribution >= 0.6 is 0 Å². The molecule has 0 unspecified atom stereocenters. The van der Waals surface area contributed by atoms with Gasteiger partial charge in [-0.3, -0.25) is 10.1 Å². The van der Waals surface area contributed by atoms with E-state index in [9.17, 15) is 9.59 Å². The molecule has 3 amide bonds. The van der Waals surface area contributed by atoms with E-state index < -0.39 is 6.03 Å². The van der Waals surface area contributed by atoms with Gasteiger partial charge in [0.25, 0.3) is 5.91 Å². The number of benzene rings is 1. The topological polar surface area (TPSA) is 58.2 Å². The molecule has 1 aliphatic heterocycles. The molecule has 1 heterocycles. The molecule has 0 aliphatic carbocycles. The van der Waals surface area contributed by atoms with Crippen LogP contribution in [0, 0.1) is 20.8 Å². The smallest absolute Gasteiger partial charge is 0.303 e. The van der Waals surface area contributed by atoms with Crippen LogP contribution in [-0.2, 0) is 4.79 Å². The molecule has 1 fully saturated rings. The molecule has 2 N–H and O–H groups in total. The Balaban J connectivity index is 2.46. The highest BCUT2D eigenvalue weighted by Crippen LogP contribution is 2.19. The van der Waals surface area contributed by atoms with E-state index in [1.54, 1.807) is 6.08 Å². The Morgan fingerprint density at radius 2 is 1.59 bits per heavy atom. The van der Waals surface area contributed by atoms with E-state index in [1.165, 1.54) is 5.56 Å². The maximum atomic E-state index is 11.4. The fourth-order valence-corrected chi connectivity index (χ4v) is 2.05. The van der Waals surface area contributed by atoms with Gasteiger partial charge in [-0.2, -0.15) is 0 Å². The minimum Gasteiger partial charge on any atom is -0.303 e. The largest absolute Gasteiger partial charge is 0.326 e. The Hall–Kier alpha value is -2.10. The Labute approximate surface area is 99.7 Å². The predicted octanol–water partition coefficient (Wildman–Crippen LogP) is 1.79. The lowest BCUT2D eigenvalue weighted by Crippen LogP contribution is -2.22. The molecule has 0 atom stereocenters. The SMILES string of the molecule is Cc1cc(C)c(/C=C2\NC(=O)NC2=O)c(C)c1. The number of hydrogen-bond acceptors (Lipinski definition) is 2. The number of nitrogens with one attached hydrogen (secondary N) is 2. The standard InChI is InChI=1S/C13H14N2O2/c1-7-4-8(2)10(9(3)5-7)6-11-12(16)15-13(17)14-11/h4-6H,1-3H3,(H2,14,15,16,17)/b11-6-. The number of urea groups is 1. The molecular weight excluding hydrogens is 216 g/mol. The third-order valence-corrected chi connectivity index (χ3v) is 2.75. The minimum atomic E-state index is -0.469. The normalized spacial score (nSPS) is 17.2. The monoisotopic (exact) mass is 230 g/mol. The summed E-state index contributed by atoms with van der Waals surface area (Å²) in [5, 5.41) is 4.66. The summed E-state index contributed by atoms with van der Waals surface area (Å²) < 4.78 is 0. The van der Waals surface area contributed by atoms with Crippen molar-refractivity contribution >= 4 is 18.0 Å². The lowest BCUT2D eigenvalue weighted by molar-refractivity contribution is -0.115. The number of amides is 3. The summed E-state index contributed by atoms with van der Waals surface area (Å²) in [5.74, 6) is -0.380. The molecule has 4 heteroatoms. The molecule has 0 bridgehead atoms. The molecule has 4 nitrogen and oxygen atoms in total. The van der Waals surface area contributed by atoms with Crippen molar-refractivity contribution in [1.82, 2.24) is 10.6 Å². The second-order valence-corrected chi connectivity index (χ2v) is 4.28. The maximum Gasteiger partial charge on any atom is 0.326 e. The van der Waals surface area contributed by atoms with Gasteiger partial charge in [0.2, 0.25) is 0 Å². The molecule has 1 aliphatic rings. The van der Waals surface area contributed by atoms with Crippen molar-refractivity contribution in [2.24, 2.45) is 0 Å². The van der Waals surface area contributed by atoms with Gasteiger partial charge in [0.15, 0.2) is 0 Å². The first-order chi connectivity index (χ1) is 7.97. The molecule has 0 radical (unpaired) electrons. The molecule has 0 saturated carbocycles. The fraction of sp³-hybridized carbons (Fsp3) is 0.231. The number of rotatable bonds is 1. The zero-order chi connectivity index (χ0) is 12.6. The van der Waals surface area contributed by atoms with Crippen molar-refractivity contribution in [3.05, 3.63) is 40.1 Å². The lowest BCUT2D eigenvalue weighted by atomic mass is 9.99. The summed E-state index contributed by atoms with van der Waals surface area (Å²) in [4.78, 5) is 22.4. The first kappa shape index (κ1) is 11.4. The van der Waals surface area contributed by atoms with Gasteiger partial charge < -0.3 is 5.32 Å². The summed E-state index contributed by atoms with van der Waals surface area (Å²) in [7, 11) is 0. The number of imide groups is 1. The van der Waals surface area contributed by atoms with Gasteiger partial charge in [0.1, 0.15) is 5.70 Å². The number of aryl methyl sites for hydroxylation is 3. The van der Waals surface area contributed by atoms with Crippen molar-refractivity contribution in [1.29, 1.82) is 0 Å². The Morgan fingerprint density at radius 3 is 2.06 bits per heavy atom. The van der Waals surface area contributed by atoms with E-state index in [0.717, 1.165) is 16.7 Å². The van der Waals surface area contributed by atoms with Crippen molar-refractivity contribution in [2.75, 3.05) is 0 Å². The fourth-order valence-electron chi connectivity index (χ4n) is 2.05. The van der Waals surface area contributed by atoms with Crippen LogP contribution in [0.25, 0.3) is 6.08 Å². The van der Waals surface area contributed by atoms with Crippen molar-refractivity contribution in [3.8, 4) is 0 Å². The van der Waals surface area contributed by atoms with Gasteiger partial charge in [0, 0.05) is 0 Å². The molecule has 88 valence electrons. The highest BCUT2D eigenvalue weighted by molar-refractivity contribution is 6.14.